The van der Waals surface area contributed by atoms with Crippen molar-refractivity contribution in [2.45, 2.75) is 20.3 Å². The van der Waals surface area contributed by atoms with E-state index in [1.54, 1.807) is 0 Å². The first kappa shape index (κ1) is 40.4. The molecular weight excluding hydrogens is 978 g/mol. The molecule has 11 aromatic rings. The second kappa shape index (κ2) is 16.6. The zero-order valence-electron chi connectivity index (χ0n) is 35.8. The number of para-hydroxylation sites is 4. The number of hydrogen-bond donors (Lipinski definition) is 0. The van der Waals surface area contributed by atoms with Crippen molar-refractivity contribution in [2.24, 2.45) is 5.92 Å². The minimum absolute atomic E-state index is 0. The summed E-state index contributed by atoms with van der Waals surface area (Å²) in [6.07, 6.45) is 2.90. The Morgan fingerprint density at radius 1 is 0.554 bits per heavy atom. The molecule has 0 atom stereocenters. The zero-order chi connectivity index (χ0) is 42.7. The molecule has 1 aliphatic rings. The van der Waals surface area contributed by atoms with Gasteiger partial charge in [0.25, 0.3) is 0 Å². The fraction of sp³-hybridized carbons (Fsp3) is 0.0690. The van der Waals surface area contributed by atoms with Crippen molar-refractivity contribution in [3.63, 3.8) is 0 Å². The number of aromatic nitrogens is 3. The van der Waals surface area contributed by atoms with Crippen molar-refractivity contribution in [1.82, 2.24) is 14.1 Å². The van der Waals surface area contributed by atoms with Crippen LogP contribution in [0.3, 0.4) is 0 Å². The molecule has 0 fully saturated rings. The van der Waals surface area contributed by atoms with Crippen molar-refractivity contribution in [3.8, 4) is 45.3 Å². The summed E-state index contributed by atoms with van der Waals surface area (Å²) in [6.45, 7) is 6.69. The third-order valence-electron chi connectivity index (χ3n) is 12.2. The van der Waals surface area contributed by atoms with Crippen molar-refractivity contribution in [2.75, 3.05) is 9.80 Å². The molecule has 0 bridgehead atoms. The molecule has 0 unspecified atom stereocenters. The van der Waals surface area contributed by atoms with E-state index in [1.807, 2.05) is 18.3 Å². The molecule has 8 aromatic carbocycles. The molecule has 65 heavy (non-hydrogen) atoms. The monoisotopic (exact) mass is 1020 g/mol. The zero-order valence-corrected chi connectivity index (χ0v) is 38.1. The number of anilines is 4. The summed E-state index contributed by atoms with van der Waals surface area (Å²) >= 11 is 0. The molecule has 0 amide bonds. The molecule has 0 saturated carbocycles. The first-order chi connectivity index (χ1) is 31.6. The first-order valence-electron chi connectivity index (χ1n) is 21.9. The third kappa shape index (κ3) is 6.97. The van der Waals surface area contributed by atoms with Gasteiger partial charge in [-0.1, -0.05) is 140 Å². The van der Waals surface area contributed by atoms with E-state index in [2.05, 4.69) is 228 Å². The van der Waals surface area contributed by atoms with Gasteiger partial charge in [-0.3, -0.25) is 0 Å². The number of nitrogens with zero attached hydrogens (tertiary/aromatic N) is 5. The molecule has 6 nitrogen and oxygen atoms in total. The van der Waals surface area contributed by atoms with E-state index in [0.29, 0.717) is 17.4 Å². The van der Waals surface area contributed by atoms with Gasteiger partial charge in [-0.05, 0) is 88.5 Å². The maximum absolute atomic E-state index is 6.89. The van der Waals surface area contributed by atoms with Crippen LogP contribution in [0.2, 0.25) is 0 Å². The molecule has 0 N–H and O–H groups in total. The molecule has 0 radical (unpaired) electrons. The predicted octanol–water partition coefficient (Wildman–Crippen LogP) is 14.9. The van der Waals surface area contributed by atoms with Gasteiger partial charge in [-0.25, -0.2) is 4.98 Å². The summed E-state index contributed by atoms with van der Waals surface area (Å²) in [5.74, 6) is 2.57. The molecule has 0 aliphatic carbocycles. The Labute approximate surface area is 393 Å². The van der Waals surface area contributed by atoms with Crippen LogP contribution in [0.4, 0.5) is 22.7 Å². The Balaban J connectivity index is 0.00000469. The van der Waals surface area contributed by atoms with E-state index < -0.39 is 0 Å². The van der Waals surface area contributed by atoms with E-state index in [9.17, 15) is 0 Å². The fourth-order valence-corrected chi connectivity index (χ4v) is 9.60. The number of fused-ring (bicyclic) bond motifs is 1. The Morgan fingerprint density at radius 2 is 1.17 bits per heavy atom. The van der Waals surface area contributed by atoms with Crippen LogP contribution in [0.15, 0.2) is 194 Å². The van der Waals surface area contributed by atoms with Crippen LogP contribution in [0, 0.1) is 24.7 Å². The molecule has 4 heterocycles. The van der Waals surface area contributed by atoms with Gasteiger partial charge in [0, 0.05) is 83.7 Å². The third-order valence-corrected chi connectivity index (χ3v) is 12.2. The average Bonchev–Trinajstić information content (AvgIpc) is 4.00. The minimum atomic E-state index is 0. The van der Waals surface area contributed by atoms with Gasteiger partial charge in [-0.15, -0.1) is 42.7 Å². The van der Waals surface area contributed by atoms with Crippen LogP contribution in [0.25, 0.3) is 66.6 Å². The Bertz CT molecular complexity index is 3410. The molecule has 3 aromatic heterocycles. The second-order valence-electron chi connectivity index (χ2n) is 16.8. The SMILES string of the molecule is CC(C)Cc1ccnc(-n2c3[c-]c(Oc4[c-]c(N5[CH-]N(c6c(-c7ccccc7)cccc6-c6ccccc6)c6ccccc65)ccc4)cc4c3c3c2cccc3n4-c2ccccc2)c1.[Pt]. The van der Waals surface area contributed by atoms with Gasteiger partial charge >= 0.3 is 0 Å². The number of rotatable bonds is 10. The molecular formula is C58H42N5OPt-3. The smallest absolute Gasteiger partial charge is 0.135 e. The van der Waals surface area contributed by atoms with Crippen LogP contribution in [-0.4, -0.2) is 14.1 Å². The summed E-state index contributed by atoms with van der Waals surface area (Å²) in [6, 6.07) is 73.4. The normalized spacial score (nSPS) is 12.4. The first-order valence-corrected chi connectivity index (χ1v) is 21.9. The predicted molar refractivity (Wildman–Crippen MR) is 262 cm³/mol. The number of hydrogen-bond acceptors (Lipinski definition) is 4. The van der Waals surface area contributed by atoms with Crippen LogP contribution < -0.4 is 14.5 Å². The van der Waals surface area contributed by atoms with Crippen LogP contribution in [0.1, 0.15) is 19.4 Å². The van der Waals surface area contributed by atoms with Crippen LogP contribution in [-0.2, 0) is 27.5 Å². The van der Waals surface area contributed by atoms with Crippen molar-refractivity contribution in [3.05, 3.63) is 219 Å². The molecule has 7 heteroatoms. The van der Waals surface area contributed by atoms with Gasteiger partial charge in [0.2, 0.25) is 0 Å². The average molecular weight is 1020 g/mol. The van der Waals surface area contributed by atoms with Crippen LogP contribution in [0.5, 0.6) is 11.5 Å². The molecule has 0 saturated heterocycles. The largest absolute Gasteiger partial charge is 0.509 e. The topological polar surface area (TPSA) is 38.5 Å². The summed E-state index contributed by atoms with van der Waals surface area (Å²) < 4.78 is 11.5. The van der Waals surface area contributed by atoms with E-state index in [1.165, 1.54) is 10.9 Å². The summed E-state index contributed by atoms with van der Waals surface area (Å²) in [5, 5.41) is 2.31. The molecule has 318 valence electrons. The van der Waals surface area contributed by atoms with Crippen LogP contribution >= 0.6 is 0 Å². The summed E-state index contributed by atoms with van der Waals surface area (Å²) in [4.78, 5) is 9.47. The standard InChI is InChI=1S/C58H42N5O.Pt/c1-39(2)33-40-31-32-59-55(34-40)63-52-30-16-29-51-56(52)57-53(62(51)43-21-10-5-11-22-43)36-46(37-54(57)63)64-45-24-14-23-44(35-45)60-38-61(50-28-13-12-27-49(50)60)58-47(41-17-6-3-7-18-41)25-15-26-48(58)42-19-8-4-9-20-42;/h3-32,34,36,38-39H,33H2,1-2H3;/q-3;. The Kier molecular flexibility index (Phi) is 10.3. The fourth-order valence-electron chi connectivity index (χ4n) is 9.60. The Hall–Kier alpha value is -7.40. The van der Waals surface area contributed by atoms with Gasteiger partial charge < -0.3 is 23.7 Å². The van der Waals surface area contributed by atoms with Crippen molar-refractivity contribution >= 4 is 55.6 Å². The summed E-state index contributed by atoms with van der Waals surface area (Å²) in [7, 11) is 0. The summed E-state index contributed by atoms with van der Waals surface area (Å²) in [5.41, 5.74) is 15.2. The van der Waals surface area contributed by atoms with Crippen molar-refractivity contribution in [1.29, 1.82) is 0 Å². The minimum Gasteiger partial charge on any atom is -0.509 e. The number of pyridine rings is 1. The van der Waals surface area contributed by atoms with Gasteiger partial charge in [0.05, 0.1) is 0 Å². The number of benzene rings is 8. The molecule has 0 spiro atoms. The van der Waals surface area contributed by atoms with Gasteiger partial charge in [0.15, 0.2) is 0 Å². The van der Waals surface area contributed by atoms with Gasteiger partial charge in [0.1, 0.15) is 5.82 Å². The van der Waals surface area contributed by atoms with Crippen molar-refractivity contribution < 1.29 is 25.8 Å². The van der Waals surface area contributed by atoms with E-state index in [-0.39, 0.29) is 21.1 Å². The number of ether oxygens (including phenoxy) is 1. The van der Waals surface area contributed by atoms with E-state index in [0.717, 1.165) is 90.4 Å². The Morgan fingerprint density at radius 3 is 1.86 bits per heavy atom. The van der Waals surface area contributed by atoms with E-state index in [4.69, 9.17) is 9.72 Å². The molecule has 1 aliphatic heterocycles. The van der Waals surface area contributed by atoms with Gasteiger partial charge in [-0.2, -0.15) is 6.07 Å². The quantitative estimate of drug-likeness (QED) is 0.128. The maximum atomic E-state index is 6.89. The second-order valence-corrected chi connectivity index (χ2v) is 16.8. The molecule has 12 rings (SSSR count). The van der Waals surface area contributed by atoms with E-state index >= 15 is 0 Å². The maximum Gasteiger partial charge on any atom is 0.135 e.